The Morgan fingerprint density at radius 3 is 2.58 bits per heavy atom. The summed E-state index contributed by atoms with van der Waals surface area (Å²) in [5, 5.41) is 6.52. The van der Waals surface area contributed by atoms with Crippen molar-refractivity contribution in [3.63, 3.8) is 0 Å². The van der Waals surface area contributed by atoms with Crippen molar-refractivity contribution in [3.8, 4) is 0 Å². The first kappa shape index (κ1) is 23.5. The molecule has 2 aliphatic rings. The SMILES string of the molecule is CN=C(NCc1nccn1Cc1ccccc1)N1CCN(CC(=O)NC2CC2)CC1.I. The second-order valence-corrected chi connectivity index (χ2v) is 7.96. The molecule has 2 aromatic rings. The number of piperazine rings is 1. The number of amides is 1. The van der Waals surface area contributed by atoms with Crippen molar-refractivity contribution in [2.24, 2.45) is 4.99 Å². The molecule has 168 valence electrons. The van der Waals surface area contributed by atoms with Gasteiger partial charge in [0.25, 0.3) is 0 Å². The summed E-state index contributed by atoms with van der Waals surface area (Å²) >= 11 is 0. The summed E-state index contributed by atoms with van der Waals surface area (Å²) in [5.74, 6) is 2.01. The molecule has 1 aromatic heterocycles. The number of aromatic nitrogens is 2. The zero-order chi connectivity index (χ0) is 20.8. The molecule has 0 atom stereocenters. The van der Waals surface area contributed by atoms with Crippen LogP contribution in [0.2, 0.25) is 0 Å². The Bertz CT molecular complexity index is 858. The lowest BCUT2D eigenvalue weighted by Gasteiger charge is -2.36. The minimum Gasteiger partial charge on any atom is -0.352 e. The second kappa shape index (κ2) is 11.5. The van der Waals surface area contributed by atoms with E-state index in [0.29, 0.717) is 19.1 Å². The van der Waals surface area contributed by atoms with E-state index < -0.39 is 0 Å². The first-order valence-corrected chi connectivity index (χ1v) is 10.7. The van der Waals surface area contributed by atoms with Gasteiger partial charge in [-0.15, -0.1) is 24.0 Å². The topological polar surface area (TPSA) is 77.8 Å². The van der Waals surface area contributed by atoms with Crippen LogP contribution in [-0.4, -0.2) is 77.0 Å². The predicted octanol–water partition coefficient (Wildman–Crippen LogP) is 1.52. The van der Waals surface area contributed by atoms with E-state index in [-0.39, 0.29) is 29.9 Å². The fourth-order valence-corrected chi connectivity index (χ4v) is 3.74. The van der Waals surface area contributed by atoms with E-state index in [1.54, 1.807) is 0 Å². The summed E-state index contributed by atoms with van der Waals surface area (Å²) in [4.78, 5) is 25.5. The van der Waals surface area contributed by atoms with E-state index in [1.807, 2.05) is 25.5 Å². The van der Waals surface area contributed by atoms with Gasteiger partial charge in [-0.05, 0) is 18.4 Å². The number of guanidine groups is 1. The third-order valence-electron chi connectivity index (χ3n) is 5.60. The van der Waals surface area contributed by atoms with Gasteiger partial charge in [0.15, 0.2) is 5.96 Å². The molecule has 0 spiro atoms. The number of rotatable bonds is 7. The molecule has 9 heteroatoms. The molecule has 31 heavy (non-hydrogen) atoms. The lowest BCUT2D eigenvalue weighted by atomic mass is 10.2. The van der Waals surface area contributed by atoms with Crippen molar-refractivity contribution in [2.45, 2.75) is 32.0 Å². The van der Waals surface area contributed by atoms with Crippen molar-refractivity contribution >= 4 is 35.8 Å². The number of nitrogens with zero attached hydrogens (tertiary/aromatic N) is 5. The number of benzene rings is 1. The molecule has 0 bridgehead atoms. The van der Waals surface area contributed by atoms with Crippen LogP contribution in [0, 0.1) is 0 Å². The molecule has 1 saturated carbocycles. The largest absolute Gasteiger partial charge is 0.352 e. The number of aliphatic imine (C=N–C) groups is 1. The molecule has 0 radical (unpaired) electrons. The summed E-state index contributed by atoms with van der Waals surface area (Å²) in [6.07, 6.45) is 6.11. The highest BCUT2D eigenvalue weighted by Crippen LogP contribution is 2.18. The van der Waals surface area contributed by atoms with Crippen molar-refractivity contribution in [2.75, 3.05) is 39.8 Å². The minimum atomic E-state index is 0. The van der Waals surface area contributed by atoms with Crippen molar-refractivity contribution in [1.29, 1.82) is 0 Å². The average molecular weight is 537 g/mol. The molecule has 1 aromatic carbocycles. The zero-order valence-corrected chi connectivity index (χ0v) is 20.4. The fraction of sp³-hybridized carbons (Fsp3) is 0.500. The van der Waals surface area contributed by atoms with Gasteiger partial charge in [-0.3, -0.25) is 14.7 Å². The first-order valence-electron chi connectivity index (χ1n) is 10.7. The Balaban J connectivity index is 0.00000272. The number of nitrogens with one attached hydrogen (secondary N) is 2. The average Bonchev–Trinajstić information content (AvgIpc) is 3.47. The predicted molar refractivity (Wildman–Crippen MR) is 133 cm³/mol. The van der Waals surface area contributed by atoms with Gasteiger partial charge < -0.3 is 20.1 Å². The summed E-state index contributed by atoms with van der Waals surface area (Å²) in [7, 11) is 1.81. The van der Waals surface area contributed by atoms with Gasteiger partial charge >= 0.3 is 0 Å². The number of hydrogen-bond acceptors (Lipinski definition) is 4. The molecule has 2 N–H and O–H groups in total. The molecule has 0 unspecified atom stereocenters. The van der Waals surface area contributed by atoms with Gasteiger partial charge in [0.05, 0.1) is 13.1 Å². The Hall–Kier alpha value is -2.14. The number of carbonyl (C=O) groups is 1. The third-order valence-corrected chi connectivity index (χ3v) is 5.60. The van der Waals surface area contributed by atoms with E-state index in [9.17, 15) is 4.79 Å². The van der Waals surface area contributed by atoms with E-state index >= 15 is 0 Å². The number of imidazole rings is 1. The van der Waals surface area contributed by atoms with E-state index in [2.05, 4.69) is 59.2 Å². The monoisotopic (exact) mass is 537 g/mol. The zero-order valence-electron chi connectivity index (χ0n) is 18.0. The first-order chi connectivity index (χ1) is 14.7. The standard InChI is InChI=1S/C22H31N7O.HI/c1-23-22(28-13-11-27(12-14-28)17-21(30)26-19-7-8-19)25-15-20-24-9-10-29(20)16-18-5-3-2-4-6-18;/h2-6,9-10,19H,7-8,11-17H2,1H3,(H,23,25)(H,26,30);1H. The molecular weight excluding hydrogens is 505 g/mol. The minimum absolute atomic E-state index is 0. The van der Waals surface area contributed by atoms with Gasteiger partial charge in [-0.25, -0.2) is 4.98 Å². The lowest BCUT2D eigenvalue weighted by molar-refractivity contribution is -0.122. The van der Waals surface area contributed by atoms with Crippen LogP contribution in [0.25, 0.3) is 0 Å². The second-order valence-electron chi connectivity index (χ2n) is 7.96. The molecule has 2 heterocycles. The highest BCUT2D eigenvalue weighted by Gasteiger charge is 2.26. The number of halogens is 1. The van der Waals surface area contributed by atoms with Crippen LogP contribution in [0.1, 0.15) is 24.2 Å². The molecule has 4 rings (SSSR count). The van der Waals surface area contributed by atoms with Crippen molar-refractivity contribution < 1.29 is 4.79 Å². The Kier molecular flexibility index (Phi) is 8.70. The Morgan fingerprint density at radius 2 is 1.90 bits per heavy atom. The third kappa shape index (κ3) is 6.93. The van der Waals surface area contributed by atoms with Crippen LogP contribution in [0.4, 0.5) is 0 Å². The van der Waals surface area contributed by atoms with E-state index in [4.69, 9.17) is 0 Å². The molecule has 1 aliphatic heterocycles. The van der Waals surface area contributed by atoms with Gasteiger partial charge in [-0.1, -0.05) is 30.3 Å². The molecule has 1 amide bonds. The van der Waals surface area contributed by atoms with Gasteiger partial charge in [0, 0.05) is 58.2 Å². The maximum Gasteiger partial charge on any atom is 0.234 e. The smallest absolute Gasteiger partial charge is 0.234 e. The molecule has 1 saturated heterocycles. The molecule has 8 nitrogen and oxygen atoms in total. The lowest BCUT2D eigenvalue weighted by Crippen LogP contribution is -2.54. The van der Waals surface area contributed by atoms with E-state index in [0.717, 1.165) is 57.3 Å². The number of hydrogen-bond donors (Lipinski definition) is 2. The van der Waals surface area contributed by atoms with Gasteiger partial charge in [0.2, 0.25) is 5.91 Å². The van der Waals surface area contributed by atoms with Crippen LogP contribution in [0.5, 0.6) is 0 Å². The number of carbonyl (C=O) groups excluding carboxylic acids is 1. The molecular formula is C22H32IN7O. The van der Waals surface area contributed by atoms with Gasteiger partial charge in [0.1, 0.15) is 5.82 Å². The quantitative estimate of drug-likeness (QED) is 0.318. The highest BCUT2D eigenvalue weighted by atomic mass is 127. The highest BCUT2D eigenvalue weighted by molar-refractivity contribution is 14.0. The maximum atomic E-state index is 12.0. The van der Waals surface area contributed by atoms with E-state index in [1.165, 1.54) is 5.56 Å². The summed E-state index contributed by atoms with van der Waals surface area (Å²) in [6, 6.07) is 10.8. The van der Waals surface area contributed by atoms with Crippen LogP contribution < -0.4 is 10.6 Å². The van der Waals surface area contributed by atoms with Crippen LogP contribution in [0.3, 0.4) is 0 Å². The van der Waals surface area contributed by atoms with Gasteiger partial charge in [-0.2, -0.15) is 0 Å². The van der Waals surface area contributed by atoms with Crippen molar-refractivity contribution in [1.82, 2.24) is 30.0 Å². The van der Waals surface area contributed by atoms with Crippen molar-refractivity contribution in [3.05, 3.63) is 54.1 Å². The Labute approximate surface area is 201 Å². The summed E-state index contributed by atoms with van der Waals surface area (Å²) in [6.45, 7) is 5.36. The van der Waals surface area contributed by atoms with Crippen LogP contribution in [0.15, 0.2) is 47.7 Å². The Morgan fingerprint density at radius 1 is 1.16 bits per heavy atom. The molecule has 1 aliphatic carbocycles. The maximum absolute atomic E-state index is 12.0. The molecule has 2 fully saturated rings. The summed E-state index contributed by atoms with van der Waals surface area (Å²) in [5.41, 5.74) is 1.25. The van der Waals surface area contributed by atoms with Crippen LogP contribution >= 0.6 is 24.0 Å². The van der Waals surface area contributed by atoms with Crippen LogP contribution in [-0.2, 0) is 17.9 Å². The summed E-state index contributed by atoms with van der Waals surface area (Å²) < 4.78 is 2.16. The normalized spacial score (nSPS) is 17.2. The fourth-order valence-electron chi connectivity index (χ4n) is 3.74.